The minimum absolute atomic E-state index is 0.265. The third-order valence-electron chi connectivity index (χ3n) is 3.17. The van der Waals surface area contributed by atoms with Crippen LogP contribution < -0.4 is 9.80 Å². The fourth-order valence-corrected chi connectivity index (χ4v) is 2.46. The number of halogens is 1. The van der Waals surface area contributed by atoms with Gasteiger partial charge in [0.15, 0.2) is 0 Å². The fourth-order valence-electron chi connectivity index (χ4n) is 1.82. The van der Waals surface area contributed by atoms with Crippen LogP contribution in [0.1, 0.15) is 0 Å². The lowest BCUT2D eigenvalue weighted by atomic mass is 10.2. The largest absolute Gasteiger partial charge is 0.378 e. The Morgan fingerprint density at radius 1 is 0.760 bits per heavy atom. The van der Waals surface area contributed by atoms with E-state index in [2.05, 4.69) is 34.1 Å². The number of nitro groups is 2. The Kier molecular flexibility index (Phi) is 7.55. The van der Waals surface area contributed by atoms with Crippen molar-refractivity contribution < 1.29 is 9.85 Å². The molecule has 2 aromatic carbocycles. The Balaban J connectivity index is 0.000000251. The molecule has 25 heavy (non-hydrogen) atoms. The molecule has 0 radical (unpaired) electrons. The maximum Gasteiger partial charge on any atom is 0.277 e. The Morgan fingerprint density at radius 2 is 1.08 bits per heavy atom. The van der Waals surface area contributed by atoms with Crippen molar-refractivity contribution in [2.45, 2.75) is 0 Å². The van der Waals surface area contributed by atoms with Crippen LogP contribution in [0.15, 0.2) is 42.5 Å². The van der Waals surface area contributed by atoms with Crippen molar-refractivity contribution in [1.29, 1.82) is 0 Å². The van der Waals surface area contributed by atoms with Gasteiger partial charge in [-0.15, -0.1) is 0 Å². The highest BCUT2D eigenvalue weighted by Crippen LogP contribution is 2.23. The molecule has 0 aliphatic heterocycles. The van der Waals surface area contributed by atoms with Crippen molar-refractivity contribution in [3.05, 3.63) is 66.3 Å². The van der Waals surface area contributed by atoms with Gasteiger partial charge in [-0.3, -0.25) is 20.2 Å². The van der Waals surface area contributed by atoms with E-state index in [1.54, 1.807) is 22.6 Å². The van der Waals surface area contributed by atoms with E-state index in [1.165, 1.54) is 23.5 Å². The lowest BCUT2D eigenvalue weighted by Crippen LogP contribution is -2.10. The van der Waals surface area contributed by atoms with E-state index in [0.717, 1.165) is 6.07 Å². The van der Waals surface area contributed by atoms with Crippen molar-refractivity contribution >= 4 is 45.3 Å². The number of nitrogens with zero attached hydrogens (tertiary/aromatic N) is 4. The van der Waals surface area contributed by atoms with Crippen LogP contribution in [0.2, 0.25) is 0 Å². The van der Waals surface area contributed by atoms with Gasteiger partial charge in [0.25, 0.3) is 11.4 Å². The molecule has 8 nitrogen and oxygen atoms in total. The maximum absolute atomic E-state index is 10.3. The van der Waals surface area contributed by atoms with Crippen molar-refractivity contribution in [2.24, 2.45) is 0 Å². The molecule has 2 aromatic rings. The molecule has 134 valence electrons. The van der Waals surface area contributed by atoms with Gasteiger partial charge in [0.1, 0.15) is 0 Å². The Bertz CT molecular complexity index is 689. The predicted molar refractivity (Wildman–Crippen MR) is 108 cm³/mol. The average Bonchev–Trinajstić information content (AvgIpc) is 2.54. The minimum Gasteiger partial charge on any atom is -0.378 e. The Labute approximate surface area is 159 Å². The van der Waals surface area contributed by atoms with Crippen LogP contribution in [-0.4, -0.2) is 38.0 Å². The highest BCUT2D eigenvalue weighted by Gasteiger charge is 2.14. The summed E-state index contributed by atoms with van der Waals surface area (Å²) in [6.07, 6.45) is 0. The first kappa shape index (κ1) is 20.6. The highest BCUT2D eigenvalue weighted by atomic mass is 127. The van der Waals surface area contributed by atoms with Crippen molar-refractivity contribution in [3.8, 4) is 0 Å². The summed E-state index contributed by atoms with van der Waals surface area (Å²) >= 11 is 1.79. The van der Waals surface area contributed by atoms with E-state index in [4.69, 9.17) is 0 Å². The molecule has 0 heterocycles. The second kappa shape index (κ2) is 9.16. The van der Waals surface area contributed by atoms with Crippen LogP contribution in [0.4, 0.5) is 22.7 Å². The molecule has 0 saturated heterocycles. The zero-order chi connectivity index (χ0) is 19.1. The first-order valence-corrected chi connectivity index (χ1v) is 8.23. The maximum atomic E-state index is 10.3. The number of rotatable bonds is 4. The van der Waals surface area contributed by atoms with Crippen molar-refractivity contribution in [3.63, 3.8) is 0 Å². The molecule has 0 aromatic heterocycles. The van der Waals surface area contributed by atoms with Gasteiger partial charge >= 0.3 is 0 Å². The van der Waals surface area contributed by atoms with E-state index in [9.17, 15) is 20.2 Å². The number of benzene rings is 2. The molecular weight excluding hydrogens is 439 g/mol. The van der Waals surface area contributed by atoms with Crippen LogP contribution in [0, 0.1) is 23.8 Å². The summed E-state index contributed by atoms with van der Waals surface area (Å²) < 4.78 is 0.471. The summed E-state index contributed by atoms with van der Waals surface area (Å²) in [4.78, 5) is 23.5. The van der Waals surface area contributed by atoms with Gasteiger partial charge in [-0.1, -0.05) is 0 Å². The average molecular weight is 458 g/mol. The molecule has 0 saturated carbocycles. The zero-order valence-corrected chi connectivity index (χ0v) is 16.5. The quantitative estimate of drug-likeness (QED) is 0.392. The standard InChI is InChI=1S/C10H16N2.C6H3IN2O4/c1-11(2)9-5-7-10(8-6-9)12(3)4;7-4-1-5(8(10)11)3-6(2-4)9(12)13/h5-8H,1-4H3;1-3H. The van der Waals surface area contributed by atoms with Crippen LogP contribution in [0.25, 0.3) is 0 Å². The number of hydrogen-bond acceptors (Lipinski definition) is 6. The van der Waals surface area contributed by atoms with E-state index in [-0.39, 0.29) is 11.4 Å². The lowest BCUT2D eigenvalue weighted by molar-refractivity contribution is -0.394. The Morgan fingerprint density at radius 3 is 1.32 bits per heavy atom. The summed E-state index contributed by atoms with van der Waals surface area (Å²) in [5.41, 5.74) is 1.94. The van der Waals surface area contributed by atoms with E-state index in [1.807, 2.05) is 28.2 Å². The van der Waals surface area contributed by atoms with Gasteiger partial charge in [0.05, 0.1) is 15.9 Å². The van der Waals surface area contributed by atoms with Gasteiger partial charge in [0.2, 0.25) is 0 Å². The molecule has 0 atom stereocenters. The molecule has 0 fully saturated rings. The summed E-state index contributed by atoms with van der Waals surface area (Å²) in [7, 11) is 8.19. The van der Waals surface area contributed by atoms with E-state index >= 15 is 0 Å². The Hall–Kier alpha value is -2.43. The van der Waals surface area contributed by atoms with Gasteiger partial charge in [-0.05, 0) is 46.9 Å². The number of anilines is 2. The highest BCUT2D eigenvalue weighted by molar-refractivity contribution is 14.1. The molecule has 0 unspecified atom stereocenters. The second-order valence-electron chi connectivity index (χ2n) is 5.49. The van der Waals surface area contributed by atoms with Crippen LogP contribution in [0.3, 0.4) is 0 Å². The molecule has 0 aliphatic rings. The molecule has 0 amide bonds. The van der Waals surface area contributed by atoms with Gasteiger partial charge < -0.3 is 9.80 Å². The number of non-ortho nitro benzene ring substituents is 2. The summed E-state index contributed by atoms with van der Waals surface area (Å²) in [6.45, 7) is 0. The van der Waals surface area contributed by atoms with Crippen molar-refractivity contribution in [2.75, 3.05) is 38.0 Å². The first-order chi connectivity index (χ1) is 11.6. The first-order valence-electron chi connectivity index (χ1n) is 7.16. The lowest BCUT2D eigenvalue weighted by Gasteiger charge is -2.16. The molecule has 2 rings (SSSR count). The molecule has 0 bridgehead atoms. The summed E-state index contributed by atoms with van der Waals surface area (Å²) in [5, 5.41) is 20.6. The van der Waals surface area contributed by atoms with Crippen LogP contribution in [-0.2, 0) is 0 Å². The SMILES string of the molecule is CN(C)c1ccc(N(C)C)cc1.O=[N+]([O-])c1cc(I)cc([N+](=O)[O-])c1. The molecule has 0 N–H and O–H groups in total. The molecule has 9 heteroatoms. The minimum atomic E-state index is -0.658. The molecular formula is C16H19IN4O4. The predicted octanol–water partition coefficient (Wildman–Crippen LogP) is 3.93. The summed E-state index contributed by atoms with van der Waals surface area (Å²) in [5.74, 6) is 0. The van der Waals surface area contributed by atoms with Crippen LogP contribution >= 0.6 is 22.6 Å². The fraction of sp³-hybridized carbons (Fsp3) is 0.250. The normalized spacial score (nSPS) is 9.64. The number of hydrogen-bond donors (Lipinski definition) is 0. The molecule has 0 spiro atoms. The van der Waals surface area contributed by atoms with E-state index in [0.29, 0.717) is 3.57 Å². The van der Waals surface area contributed by atoms with Gasteiger partial charge in [0, 0.05) is 55.3 Å². The monoisotopic (exact) mass is 458 g/mol. The topological polar surface area (TPSA) is 92.8 Å². The zero-order valence-electron chi connectivity index (χ0n) is 14.3. The smallest absolute Gasteiger partial charge is 0.277 e. The van der Waals surface area contributed by atoms with E-state index < -0.39 is 9.85 Å². The second-order valence-corrected chi connectivity index (χ2v) is 6.73. The van der Waals surface area contributed by atoms with Crippen LogP contribution in [0.5, 0.6) is 0 Å². The van der Waals surface area contributed by atoms with Gasteiger partial charge in [-0.2, -0.15) is 0 Å². The third kappa shape index (κ3) is 6.53. The third-order valence-corrected chi connectivity index (χ3v) is 3.79. The molecule has 0 aliphatic carbocycles. The summed E-state index contributed by atoms with van der Waals surface area (Å²) in [6, 6.07) is 12.0. The number of nitro benzene ring substituents is 2. The van der Waals surface area contributed by atoms with Gasteiger partial charge in [-0.25, -0.2) is 0 Å². The van der Waals surface area contributed by atoms with Crippen molar-refractivity contribution in [1.82, 2.24) is 0 Å².